The van der Waals surface area contributed by atoms with Gasteiger partial charge in [0.1, 0.15) is 17.3 Å². The van der Waals surface area contributed by atoms with Gasteiger partial charge in [0.15, 0.2) is 0 Å². The molecule has 0 aliphatic rings. The number of hydrogen-bond donors (Lipinski definition) is 2. The molecule has 3 rings (SSSR count). The summed E-state index contributed by atoms with van der Waals surface area (Å²) in [5, 5.41) is 10.5. The molecular formula is C19H16ClF2N3O. The zero-order chi connectivity index (χ0) is 18.7. The van der Waals surface area contributed by atoms with Gasteiger partial charge in [-0.15, -0.1) is 0 Å². The van der Waals surface area contributed by atoms with Gasteiger partial charge in [-0.2, -0.15) is 5.10 Å². The highest BCUT2D eigenvalue weighted by Crippen LogP contribution is 2.31. The average molecular weight is 376 g/mol. The van der Waals surface area contributed by atoms with E-state index in [0.29, 0.717) is 22.8 Å². The van der Waals surface area contributed by atoms with Crippen molar-refractivity contribution in [1.82, 2.24) is 10.2 Å². The maximum absolute atomic E-state index is 13.4. The first kappa shape index (κ1) is 18.1. The van der Waals surface area contributed by atoms with Crippen molar-refractivity contribution in [2.45, 2.75) is 19.8 Å². The van der Waals surface area contributed by atoms with E-state index in [1.807, 2.05) is 6.92 Å². The molecule has 0 saturated heterocycles. The van der Waals surface area contributed by atoms with Crippen molar-refractivity contribution in [2.75, 3.05) is 5.32 Å². The Bertz CT molecular complexity index is 918. The van der Waals surface area contributed by atoms with Gasteiger partial charge in [-0.25, -0.2) is 8.78 Å². The number of nitrogens with one attached hydrogen (secondary N) is 2. The summed E-state index contributed by atoms with van der Waals surface area (Å²) in [5.41, 5.74) is 2.42. The van der Waals surface area contributed by atoms with Gasteiger partial charge >= 0.3 is 0 Å². The van der Waals surface area contributed by atoms with E-state index in [9.17, 15) is 13.6 Å². The molecule has 2 N–H and O–H groups in total. The molecule has 1 heterocycles. The Morgan fingerprint density at radius 1 is 1.15 bits per heavy atom. The minimum absolute atomic E-state index is 0.104. The summed E-state index contributed by atoms with van der Waals surface area (Å²) < 4.78 is 26.8. The van der Waals surface area contributed by atoms with Gasteiger partial charge in [0.05, 0.1) is 11.4 Å². The third-order valence-electron chi connectivity index (χ3n) is 3.82. The lowest BCUT2D eigenvalue weighted by atomic mass is 10.1. The second kappa shape index (κ2) is 7.66. The Labute approximate surface area is 154 Å². The minimum atomic E-state index is -0.811. The second-order valence-corrected chi connectivity index (χ2v) is 6.23. The maximum Gasteiger partial charge on any atom is 0.255 e. The Morgan fingerprint density at radius 2 is 1.81 bits per heavy atom. The smallest absolute Gasteiger partial charge is 0.255 e. The predicted octanol–water partition coefficient (Wildman–Crippen LogP) is 5.21. The third kappa shape index (κ3) is 3.91. The molecular weight excluding hydrogens is 360 g/mol. The van der Waals surface area contributed by atoms with Gasteiger partial charge in [-0.1, -0.05) is 37.1 Å². The van der Waals surface area contributed by atoms with Crippen LogP contribution in [0.25, 0.3) is 11.3 Å². The van der Waals surface area contributed by atoms with E-state index in [1.54, 1.807) is 24.3 Å². The van der Waals surface area contributed by atoms with Crippen LogP contribution in [0.4, 0.5) is 14.5 Å². The van der Waals surface area contributed by atoms with E-state index in [0.717, 1.165) is 35.9 Å². The zero-order valence-electron chi connectivity index (χ0n) is 13.9. The summed E-state index contributed by atoms with van der Waals surface area (Å²) in [7, 11) is 0. The number of rotatable bonds is 5. The molecule has 3 aromatic rings. The van der Waals surface area contributed by atoms with E-state index in [2.05, 4.69) is 15.5 Å². The average Bonchev–Trinajstić information content (AvgIpc) is 2.98. The van der Waals surface area contributed by atoms with Crippen molar-refractivity contribution in [3.05, 3.63) is 70.4 Å². The number of aromatic nitrogens is 2. The van der Waals surface area contributed by atoms with E-state index >= 15 is 0 Å². The van der Waals surface area contributed by atoms with Gasteiger partial charge in [0.2, 0.25) is 0 Å². The summed E-state index contributed by atoms with van der Waals surface area (Å²) >= 11 is 5.92. The van der Waals surface area contributed by atoms with Gasteiger partial charge in [0, 0.05) is 22.2 Å². The lowest BCUT2D eigenvalue weighted by Gasteiger charge is -2.09. The molecule has 0 fully saturated rings. The van der Waals surface area contributed by atoms with Gasteiger partial charge in [0.25, 0.3) is 5.91 Å². The summed E-state index contributed by atoms with van der Waals surface area (Å²) in [5.74, 6) is -2.24. The fraction of sp³-hybridized carbons (Fsp3) is 0.158. The van der Waals surface area contributed by atoms with Crippen LogP contribution < -0.4 is 5.32 Å². The van der Waals surface area contributed by atoms with Crippen LogP contribution in [0, 0.1) is 11.6 Å². The van der Waals surface area contributed by atoms with Crippen LogP contribution in [0.3, 0.4) is 0 Å². The van der Waals surface area contributed by atoms with Crippen LogP contribution in [0.1, 0.15) is 29.4 Å². The summed E-state index contributed by atoms with van der Waals surface area (Å²) in [6.07, 6.45) is 1.49. The molecule has 0 aliphatic carbocycles. The highest BCUT2D eigenvalue weighted by Gasteiger charge is 2.18. The molecule has 1 aromatic heterocycles. The normalized spacial score (nSPS) is 10.8. The van der Waals surface area contributed by atoms with Crippen molar-refractivity contribution < 1.29 is 13.6 Å². The number of aromatic amines is 1. The first-order chi connectivity index (χ1) is 12.5. The molecule has 0 spiro atoms. The lowest BCUT2D eigenvalue weighted by molar-refractivity contribution is 0.102. The zero-order valence-corrected chi connectivity index (χ0v) is 14.7. The molecule has 1 amide bonds. The predicted molar refractivity (Wildman–Crippen MR) is 97.3 cm³/mol. The molecule has 7 heteroatoms. The highest BCUT2D eigenvalue weighted by molar-refractivity contribution is 6.30. The SMILES string of the molecule is CCCc1[nH]nc(-c2ccc(Cl)cc2)c1NC(=O)c1cc(F)cc(F)c1. The summed E-state index contributed by atoms with van der Waals surface area (Å²) in [6.45, 7) is 2.00. The molecule has 0 bridgehead atoms. The van der Waals surface area contributed by atoms with Crippen molar-refractivity contribution in [3.63, 3.8) is 0 Å². The number of hydrogen-bond acceptors (Lipinski definition) is 2. The van der Waals surface area contributed by atoms with Gasteiger partial charge in [-0.3, -0.25) is 9.89 Å². The van der Waals surface area contributed by atoms with Crippen LogP contribution in [-0.2, 0) is 6.42 Å². The van der Waals surface area contributed by atoms with Gasteiger partial charge in [-0.05, 0) is 30.7 Å². The number of halogens is 3. The Kier molecular flexibility index (Phi) is 5.32. The molecule has 0 atom stereocenters. The molecule has 26 heavy (non-hydrogen) atoms. The number of amides is 1. The van der Waals surface area contributed by atoms with Crippen LogP contribution in [-0.4, -0.2) is 16.1 Å². The van der Waals surface area contributed by atoms with Crippen molar-refractivity contribution in [1.29, 1.82) is 0 Å². The number of anilines is 1. The highest BCUT2D eigenvalue weighted by atomic mass is 35.5. The van der Waals surface area contributed by atoms with E-state index in [-0.39, 0.29) is 5.56 Å². The Hall–Kier alpha value is -2.73. The number of carbonyl (C=O) groups is 1. The molecule has 0 unspecified atom stereocenters. The lowest BCUT2D eigenvalue weighted by Crippen LogP contribution is -2.14. The number of aryl methyl sites for hydroxylation is 1. The first-order valence-corrected chi connectivity index (χ1v) is 8.46. The Morgan fingerprint density at radius 3 is 2.42 bits per heavy atom. The van der Waals surface area contributed by atoms with E-state index in [1.165, 1.54) is 0 Å². The van der Waals surface area contributed by atoms with Crippen LogP contribution in [0.2, 0.25) is 5.02 Å². The second-order valence-electron chi connectivity index (χ2n) is 5.79. The number of benzene rings is 2. The van der Waals surface area contributed by atoms with Crippen LogP contribution in [0.5, 0.6) is 0 Å². The standard InChI is InChI=1S/C19H16ClF2N3O/c1-2-3-16-18(17(25-24-16)11-4-6-13(20)7-5-11)23-19(26)12-8-14(21)10-15(22)9-12/h4-10H,2-3H2,1H3,(H,23,26)(H,24,25). The van der Waals surface area contributed by atoms with Crippen molar-refractivity contribution >= 4 is 23.2 Å². The minimum Gasteiger partial charge on any atom is -0.319 e. The van der Waals surface area contributed by atoms with E-state index < -0.39 is 17.5 Å². The molecule has 2 aromatic carbocycles. The molecule has 0 radical (unpaired) electrons. The summed E-state index contributed by atoms with van der Waals surface area (Å²) in [6, 6.07) is 9.70. The number of nitrogens with zero attached hydrogens (tertiary/aromatic N) is 1. The van der Waals surface area contributed by atoms with Crippen LogP contribution in [0.15, 0.2) is 42.5 Å². The Balaban J connectivity index is 1.98. The van der Waals surface area contributed by atoms with Crippen molar-refractivity contribution in [3.8, 4) is 11.3 Å². The fourth-order valence-corrected chi connectivity index (χ4v) is 2.76. The topological polar surface area (TPSA) is 57.8 Å². The van der Waals surface area contributed by atoms with E-state index in [4.69, 9.17) is 11.6 Å². The fourth-order valence-electron chi connectivity index (χ4n) is 2.63. The van der Waals surface area contributed by atoms with Gasteiger partial charge < -0.3 is 5.32 Å². The maximum atomic E-state index is 13.4. The summed E-state index contributed by atoms with van der Waals surface area (Å²) in [4.78, 5) is 12.5. The molecule has 0 aliphatic heterocycles. The van der Waals surface area contributed by atoms with Crippen LogP contribution >= 0.6 is 11.6 Å². The number of H-pyrrole nitrogens is 1. The first-order valence-electron chi connectivity index (χ1n) is 8.08. The largest absolute Gasteiger partial charge is 0.319 e. The molecule has 0 saturated carbocycles. The number of carbonyl (C=O) groups excluding carboxylic acids is 1. The third-order valence-corrected chi connectivity index (χ3v) is 4.07. The quantitative estimate of drug-likeness (QED) is 0.642. The van der Waals surface area contributed by atoms with Crippen molar-refractivity contribution in [2.24, 2.45) is 0 Å². The monoisotopic (exact) mass is 375 g/mol. The molecule has 134 valence electrons. The molecule has 4 nitrogen and oxygen atoms in total.